The Labute approximate surface area is 172 Å². The topological polar surface area (TPSA) is 57.7 Å². The highest BCUT2D eigenvalue weighted by Gasteiger charge is 2.31. The number of nitrogens with zero attached hydrogens (tertiary/aromatic N) is 2. The predicted octanol–water partition coefficient (Wildman–Crippen LogP) is 3.46. The third kappa shape index (κ3) is 4.93. The van der Waals surface area contributed by atoms with Gasteiger partial charge >= 0.3 is 0 Å². The second-order valence-electron chi connectivity index (χ2n) is 6.26. The summed E-state index contributed by atoms with van der Waals surface area (Å²) >= 11 is 4.83. The fourth-order valence-corrected chi connectivity index (χ4v) is 5.93. The number of hydrogen-bond donors (Lipinski definition) is 0. The highest BCUT2D eigenvalue weighted by atomic mass is 79.9. The number of carbonyl (C=O) groups excluding carboxylic acids is 1. The van der Waals surface area contributed by atoms with Gasteiger partial charge in [-0.15, -0.1) is 11.8 Å². The molecule has 0 bridgehead atoms. The van der Waals surface area contributed by atoms with E-state index in [4.69, 9.17) is 0 Å². The molecule has 1 saturated heterocycles. The maximum absolute atomic E-state index is 12.8. The molecule has 0 saturated carbocycles. The molecule has 1 heterocycles. The van der Waals surface area contributed by atoms with Crippen LogP contribution >= 0.6 is 27.7 Å². The van der Waals surface area contributed by atoms with E-state index in [1.807, 2.05) is 37.3 Å². The standard InChI is InChI=1S/C19H21BrN2O3S2/c1-15(26-17-7-3-2-4-8-17)19(23)21-10-12-22(13-11-21)27(24,25)18-9-5-6-16(20)14-18/h2-9,14-15H,10-13H2,1H3/t15-/m1/s1. The van der Waals surface area contributed by atoms with Crippen molar-refractivity contribution < 1.29 is 13.2 Å². The summed E-state index contributed by atoms with van der Waals surface area (Å²) in [5.74, 6) is 0.0448. The van der Waals surface area contributed by atoms with Crippen LogP contribution in [-0.4, -0.2) is 55.0 Å². The first-order valence-corrected chi connectivity index (χ1v) is 11.8. The third-order valence-electron chi connectivity index (χ3n) is 4.39. The fourth-order valence-electron chi connectivity index (χ4n) is 2.94. The highest BCUT2D eigenvalue weighted by molar-refractivity contribution is 9.10. The van der Waals surface area contributed by atoms with E-state index in [2.05, 4.69) is 15.9 Å². The number of benzene rings is 2. The lowest BCUT2D eigenvalue weighted by Gasteiger charge is -2.35. The summed E-state index contributed by atoms with van der Waals surface area (Å²) in [6, 6.07) is 16.5. The van der Waals surface area contributed by atoms with Crippen LogP contribution in [-0.2, 0) is 14.8 Å². The lowest BCUT2D eigenvalue weighted by atomic mass is 10.3. The van der Waals surface area contributed by atoms with Gasteiger partial charge in [0.1, 0.15) is 0 Å². The van der Waals surface area contributed by atoms with E-state index in [1.165, 1.54) is 16.1 Å². The highest BCUT2D eigenvalue weighted by Crippen LogP contribution is 2.25. The Morgan fingerprint density at radius 3 is 2.33 bits per heavy atom. The van der Waals surface area contributed by atoms with Crippen LogP contribution in [0.4, 0.5) is 0 Å². The van der Waals surface area contributed by atoms with Gasteiger partial charge < -0.3 is 4.90 Å². The van der Waals surface area contributed by atoms with E-state index in [0.717, 1.165) is 9.37 Å². The molecule has 0 N–H and O–H groups in total. The van der Waals surface area contributed by atoms with E-state index < -0.39 is 10.0 Å². The van der Waals surface area contributed by atoms with Gasteiger partial charge in [0.05, 0.1) is 10.1 Å². The molecule has 1 fully saturated rings. The smallest absolute Gasteiger partial charge is 0.243 e. The molecular formula is C19H21BrN2O3S2. The molecule has 0 aromatic heterocycles. The van der Waals surface area contributed by atoms with E-state index >= 15 is 0 Å². The van der Waals surface area contributed by atoms with Gasteiger partial charge in [-0.2, -0.15) is 4.31 Å². The third-order valence-corrected chi connectivity index (χ3v) is 7.88. The van der Waals surface area contributed by atoms with Crippen molar-refractivity contribution in [3.8, 4) is 0 Å². The van der Waals surface area contributed by atoms with Gasteiger partial charge in [0, 0.05) is 35.5 Å². The Bertz CT molecular complexity index is 898. The summed E-state index contributed by atoms with van der Waals surface area (Å²) in [6.07, 6.45) is 0. The molecule has 2 aromatic rings. The zero-order valence-electron chi connectivity index (χ0n) is 14.9. The molecule has 0 unspecified atom stereocenters. The van der Waals surface area contributed by atoms with Crippen LogP contribution in [0.3, 0.4) is 0 Å². The van der Waals surface area contributed by atoms with Crippen molar-refractivity contribution in [2.75, 3.05) is 26.2 Å². The molecule has 1 aliphatic rings. The number of amides is 1. The van der Waals surface area contributed by atoms with Gasteiger partial charge in [-0.25, -0.2) is 8.42 Å². The SMILES string of the molecule is C[C@@H](Sc1ccccc1)C(=O)N1CCN(S(=O)(=O)c2cccc(Br)c2)CC1. The van der Waals surface area contributed by atoms with Crippen LogP contribution in [0.2, 0.25) is 0 Å². The molecule has 5 nitrogen and oxygen atoms in total. The Morgan fingerprint density at radius 1 is 1.04 bits per heavy atom. The van der Waals surface area contributed by atoms with Gasteiger partial charge in [0.15, 0.2) is 0 Å². The second-order valence-corrected chi connectivity index (χ2v) is 10.5. The van der Waals surface area contributed by atoms with Crippen LogP contribution < -0.4 is 0 Å². The molecule has 0 aliphatic carbocycles. The number of thioether (sulfide) groups is 1. The Balaban J connectivity index is 1.60. The molecule has 8 heteroatoms. The number of carbonyl (C=O) groups is 1. The maximum atomic E-state index is 12.8. The molecule has 27 heavy (non-hydrogen) atoms. The minimum atomic E-state index is -3.54. The second kappa shape index (κ2) is 8.77. The first-order chi connectivity index (χ1) is 12.9. The number of rotatable bonds is 5. The summed E-state index contributed by atoms with van der Waals surface area (Å²) in [5, 5.41) is -0.208. The Morgan fingerprint density at radius 2 is 1.70 bits per heavy atom. The first-order valence-electron chi connectivity index (χ1n) is 8.64. The largest absolute Gasteiger partial charge is 0.339 e. The molecule has 1 atom stereocenters. The summed E-state index contributed by atoms with van der Waals surface area (Å²) in [7, 11) is -3.54. The minimum absolute atomic E-state index is 0.0448. The molecule has 0 spiro atoms. The van der Waals surface area contributed by atoms with Gasteiger partial charge in [0.25, 0.3) is 0 Å². The Kier molecular flexibility index (Phi) is 6.62. The normalized spacial score (nSPS) is 16.9. The van der Waals surface area contributed by atoms with E-state index in [9.17, 15) is 13.2 Å². The van der Waals surface area contributed by atoms with Crippen LogP contribution in [0.15, 0.2) is 68.9 Å². The summed E-state index contributed by atoms with van der Waals surface area (Å²) < 4.78 is 27.8. The molecule has 3 rings (SSSR count). The van der Waals surface area contributed by atoms with Crippen molar-refractivity contribution in [1.29, 1.82) is 0 Å². The van der Waals surface area contributed by atoms with Crippen molar-refractivity contribution in [3.63, 3.8) is 0 Å². The lowest BCUT2D eigenvalue weighted by Crippen LogP contribution is -2.52. The van der Waals surface area contributed by atoms with Crippen LogP contribution in [0.1, 0.15) is 6.92 Å². The van der Waals surface area contributed by atoms with Crippen molar-refractivity contribution in [3.05, 3.63) is 59.1 Å². The maximum Gasteiger partial charge on any atom is 0.243 e. The van der Waals surface area contributed by atoms with Gasteiger partial charge in [-0.1, -0.05) is 40.2 Å². The lowest BCUT2D eigenvalue weighted by molar-refractivity contribution is -0.131. The fraction of sp³-hybridized carbons (Fsp3) is 0.316. The van der Waals surface area contributed by atoms with E-state index in [0.29, 0.717) is 26.2 Å². The van der Waals surface area contributed by atoms with E-state index in [-0.39, 0.29) is 16.1 Å². The summed E-state index contributed by atoms with van der Waals surface area (Å²) in [4.78, 5) is 15.8. The average Bonchev–Trinajstić information content (AvgIpc) is 2.68. The first kappa shape index (κ1) is 20.4. The molecule has 1 aliphatic heterocycles. The summed E-state index contributed by atoms with van der Waals surface area (Å²) in [5.41, 5.74) is 0. The number of sulfonamides is 1. The van der Waals surface area contributed by atoms with Crippen molar-refractivity contribution >= 4 is 43.6 Å². The van der Waals surface area contributed by atoms with Crippen molar-refractivity contribution in [1.82, 2.24) is 9.21 Å². The monoisotopic (exact) mass is 468 g/mol. The number of piperazine rings is 1. The van der Waals surface area contributed by atoms with E-state index in [1.54, 1.807) is 29.2 Å². The molecule has 1 amide bonds. The number of halogens is 1. The predicted molar refractivity (Wildman–Crippen MR) is 111 cm³/mol. The quantitative estimate of drug-likeness (QED) is 0.630. The summed E-state index contributed by atoms with van der Waals surface area (Å²) in [6.45, 7) is 3.33. The van der Waals surface area contributed by atoms with Crippen LogP contribution in [0.5, 0.6) is 0 Å². The zero-order chi connectivity index (χ0) is 19.4. The van der Waals surface area contributed by atoms with Gasteiger partial charge in [0.2, 0.25) is 15.9 Å². The molecule has 2 aromatic carbocycles. The van der Waals surface area contributed by atoms with Gasteiger partial charge in [-0.3, -0.25) is 4.79 Å². The van der Waals surface area contributed by atoms with Crippen LogP contribution in [0, 0.1) is 0 Å². The van der Waals surface area contributed by atoms with Crippen LogP contribution in [0.25, 0.3) is 0 Å². The van der Waals surface area contributed by atoms with Crippen molar-refractivity contribution in [2.24, 2.45) is 0 Å². The zero-order valence-corrected chi connectivity index (χ0v) is 18.1. The number of hydrogen-bond acceptors (Lipinski definition) is 4. The molecule has 144 valence electrons. The molecular weight excluding hydrogens is 448 g/mol. The van der Waals surface area contributed by atoms with Crippen molar-refractivity contribution in [2.45, 2.75) is 22.0 Å². The average molecular weight is 469 g/mol. The van der Waals surface area contributed by atoms with Gasteiger partial charge in [-0.05, 0) is 37.3 Å². The molecule has 0 radical (unpaired) electrons. The Hall–Kier alpha value is -1.35. The minimum Gasteiger partial charge on any atom is -0.339 e.